The van der Waals surface area contributed by atoms with Gasteiger partial charge in [-0.25, -0.2) is 0 Å². The maximum atomic E-state index is 12.1. The van der Waals surface area contributed by atoms with Crippen molar-refractivity contribution in [2.24, 2.45) is 5.92 Å². The Labute approximate surface area is 103 Å². The predicted octanol–water partition coefficient (Wildman–Crippen LogP) is 3.49. The van der Waals surface area contributed by atoms with Gasteiger partial charge in [0.1, 0.15) is 5.75 Å². The van der Waals surface area contributed by atoms with Crippen molar-refractivity contribution in [3.8, 4) is 5.75 Å². The van der Waals surface area contributed by atoms with Crippen LogP contribution in [0, 0.1) is 5.92 Å². The number of rotatable bonds is 6. The summed E-state index contributed by atoms with van der Waals surface area (Å²) in [5.41, 5.74) is 0.650. The second-order valence-corrected chi connectivity index (χ2v) is 4.45. The fourth-order valence-corrected chi connectivity index (χ4v) is 1.79. The van der Waals surface area contributed by atoms with Crippen molar-refractivity contribution >= 4 is 5.78 Å². The van der Waals surface area contributed by atoms with Gasteiger partial charge in [0, 0.05) is 17.7 Å². The molecule has 17 heavy (non-hydrogen) atoms. The van der Waals surface area contributed by atoms with Gasteiger partial charge >= 0.3 is 0 Å². The molecule has 0 amide bonds. The highest BCUT2D eigenvalue weighted by Crippen LogP contribution is 2.19. The molecule has 1 heterocycles. The minimum atomic E-state index is 0.0890. The summed E-state index contributed by atoms with van der Waals surface area (Å²) < 4.78 is 5.54. The van der Waals surface area contributed by atoms with Crippen LogP contribution >= 0.6 is 0 Å². The van der Waals surface area contributed by atoms with Gasteiger partial charge in [0.25, 0.3) is 0 Å². The first-order valence-corrected chi connectivity index (χ1v) is 6.24. The zero-order valence-electron chi connectivity index (χ0n) is 11.1. The quantitative estimate of drug-likeness (QED) is 0.708. The smallest absolute Gasteiger partial charge is 0.167 e. The summed E-state index contributed by atoms with van der Waals surface area (Å²) in [7, 11) is 0. The summed E-state index contributed by atoms with van der Waals surface area (Å²) in [4.78, 5) is 16.2. The summed E-state index contributed by atoms with van der Waals surface area (Å²) in [5.74, 6) is 0.916. The molecule has 1 aromatic heterocycles. The number of Topliss-reactive ketones (excluding diaryl/α,β-unsaturated/α-hetero) is 1. The summed E-state index contributed by atoms with van der Waals surface area (Å²) >= 11 is 0. The van der Waals surface area contributed by atoms with E-state index in [9.17, 15) is 4.79 Å². The zero-order chi connectivity index (χ0) is 12.8. The standard InChI is InChI=1S/C14H21NO2/c1-5-11(6-2)14(16)12-7-13(9-15-8-12)17-10(3)4/h7-11H,5-6H2,1-4H3. The fourth-order valence-electron chi connectivity index (χ4n) is 1.79. The molecule has 0 saturated heterocycles. The van der Waals surface area contributed by atoms with Crippen molar-refractivity contribution in [3.05, 3.63) is 24.0 Å². The topological polar surface area (TPSA) is 39.2 Å². The highest BCUT2D eigenvalue weighted by Gasteiger charge is 2.17. The molecule has 0 fully saturated rings. The average Bonchev–Trinajstić information content (AvgIpc) is 2.30. The summed E-state index contributed by atoms with van der Waals surface area (Å²) in [6, 6.07) is 1.79. The number of pyridine rings is 1. The van der Waals surface area contributed by atoms with Crippen LogP contribution in [0.1, 0.15) is 50.9 Å². The van der Waals surface area contributed by atoms with Crippen molar-refractivity contribution in [2.45, 2.75) is 46.6 Å². The van der Waals surface area contributed by atoms with Crippen LogP contribution in [0.5, 0.6) is 5.75 Å². The SMILES string of the molecule is CCC(CC)C(=O)c1cncc(OC(C)C)c1. The molecule has 0 radical (unpaired) electrons. The van der Waals surface area contributed by atoms with E-state index in [0.29, 0.717) is 11.3 Å². The van der Waals surface area contributed by atoms with Gasteiger partial charge in [0.05, 0.1) is 12.3 Å². The number of carbonyl (C=O) groups excluding carboxylic acids is 1. The van der Waals surface area contributed by atoms with Crippen LogP contribution in [0.3, 0.4) is 0 Å². The lowest BCUT2D eigenvalue weighted by molar-refractivity contribution is 0.0912. The van der Waals surface area contributed by atoms with E-state index in [2.05, 4.69) is 4.98 Å². The Hall–Kier alpha value is -1.38. The summed E-state index contributed by atoms with van der Waals surface area (Å²) in [5, 5.41) is 0. The number of aromatic nitrogens is 1. The predicted molar refractivity (Wildman–Crippen MR) is 68.4 cm³/mol. The molecule has 0 atom stereocenters. The van der Waals surface area contributed by atoms with Crippen LogP contribution in [-0.2, 0) is 0 Å². The third kappa shape index (κ3) is 3.84. The minimum Gasteiger partial charge on any atom is -0.489 e. The van der Waals surface area contributed by atoms with E-state index in [0.717, 1.165) is 12.8 Å². The normalized spacial score (nSPS) is 10.9. The highest BCUT2D eigenvalue weighted by molar-refractivity contribution is 5.97. The fraction of sp³-hybridized carbons (Fsp3) is 0.571. The Morgan fingerprint density at radius 2 is 1.94 bits per heavy atom. The van der Waals surface area contributed by atoms with E-state index in [1.807, 2.05) is 27.7 Å². The molecule has 0 saturated carbocycles. The van der Waals surface area contributed by atoms with Crippen molar-refractivity contribution < 1.29 is 9.53 Å². The number of ether oxygens (including phenoxy) is 1. The third-order valence-corrected chi connectivity index (χ3v) is 2.73. The van der Waals surface area contributed by atoms with E-state index < -0.39 is 0 Å². The minimum absolute atomic E-state index is 0.0890. The Kier molecular flexibility index (Phi) is 5.13. The van der Waals surface area contributed by atoms with Crippen LogP contribution in [0.15, 0.2) is 18.5 Å². The van der Waals surface area contributed by atoms with E-state index in [1.54, 1.807) is 18.5 Å². The van der Waals surface area contributed by atoms with E-state index in [1.165, 1.54) is 0 Å². The molecule has 0 spiro atoms. The Bertz CT molecular complexity index is 370. The molecular formula is C14H21NO2. The number of ketones is 1. The van der Waals surface area contributed by atoms with Crippen LogP contribution in [-0.4, -0.2) is 16.9 Å². The van der Waals surface area contributed by atoms with E-state index in [-0.39, 0.29) is 17.8 Å². The second kappa shape index (κ2) is 6.38. The molecular weight excluding hydrogens is 214 g/mol. The van der Waals surface area contributed by atoms with Crippen LogP contribution in [0.2, 0.25) is 0 Å². The van der Waals surface area contributed by atoms with Crippen molar-refractivity contribution in [1.29, 1.82) is 0 Å². The van der Waals surface area contributed by atoms with Gasteiger partial charge < -0.3 is 4.74 Å². The van der Waals surface area contributed by atoms with Gasteiger partial charge in [-0.2, -0.15) is 0 Å². The van der Waals surface area contributed by atoms with Gasteiger partial charge in [-0.1, -0.05) is 13.8 Å². The number of hydrogen-bond acceptors (Lipinski definition) is 3. The summed E-state index contributed by atoms with van der Waals surface area (Å²) in [6.07, 6.45) is 5.09. The second-order valence-electron chi connectivity index (χ2n) is 4.45. The van der Waals surface area contributed by atoms with Crippen molar-refractivity contribution in [3.63, 3.8) is 0 Å². The molecule has 3 heteroatoms. The number of nitrogens with zero attached hydrogens (tertiary/aromatic N) is 1. The first kappa shape index (κ1) is 13.7. The maximum Gasteiger partial charge on any atom is 0.167 e. The highest BCUT2D eigenvalue weighted by atomic mass is 16.5. The van der Waals surface area contributed by atoms with Crippen LogP contribution in [0.4, 0.5) is 0 Å². The lowest BCUT2D eigenvalue weighted by Gasteiger charge is -2.13. The molecule has 1 aromatic rings. The first-order chi connectivity index (χ1) is 8.08. The lowest BCUT2D eigenvalue weighted by Crippen LogP contribution is -2.14. The van der Waals surface area contributed by atoms with Gasteiger partial charge in [0.2, 0.25) is 0 Å². The van der Waals surface area contributed by atoms with Crippen LogP contribution in [0.25, 0.3) is 0 Å². The van der Waals surface area contributed by atoms with E-state index >= 15 is 0 Å². The molecule has 0 N–H and O–H groups in total. The Morgan fingerprint density at radius 3 is 2.47 bits per heavy atom. The third-order valence-electron chi connectivity index (χ3n) is 2.73. The van der Waals surface area contributed by atoms with Gasteiger partial charge in [0.15, 0.2) is 5.78 Å². The molecule has 0 unspecified atom stereocenters. The Morgan fingerprint density at radius 1 is 1.29 bits per heavy atom. The first-order valence-electron chi connectivity index (χ1n) is 6.24. The van der Waals surface area contributed by atoms with Gasteiger partial charge in [-0.15, -0.1) is 0 Å². The monoisotopic (exact) mass is 235 g/mol. The molecule has 0 aromatic carbocycles. The van der Waals surface area contributed by atoms with Gasteiger partial charge in [-0.3, -0.25) is 9.78 Å². The molecule has 3 nitrogen and oxygen atoms in total. The number of hydrogen-bond donors (Lipinski definition) is 0. The number of carbonyl (C=O) groups is 1. The van der Waals surface area contributed by atoms with Crippen LogP contribution < -0.4 is 4.74 Å². The molecule has 0 aliphatic carbocycles. The maximum absolute atomic E-state index is 12.1. The molecule has 1 rings (SSSR count). The zero-order valence-corrected chi connectivity index (χ0v) is 11.1. The molecule has 94 valence electrons. The average molecular weight is 235 g/mol. The Balaban J connectivity index is 2.87. The summed E-state index contributed by atoms with van der Waals surface area (Å²) in [6.45, 7) is 7.98. The lowest BCUT2D eigenvalue weighted by atomic mass is 9.94. The molecule has 0 aliphatic heterocycles. The molecule has 0 aliphatic rings. The van der Waals surface area contributed by atoms with Gasteiger partial charge in [-0.05, 0) is 32.8 Å². The largest absolute Gasteiger partial charge is 0.489 e. The van der Waals surface area contributed by atoms with E-state index in [4.69, 9.17) is 4.74 Å². The molecule has 0 bridgehead atoms. The van der Waals surface area contributed by atoms with Crippen molar-refractivity contribution in [2.75, 3.05) is 0 Å². The van der Waals surface area contributed by atoms with Crippen molar-refractivity contribution in [1.82, 2.24) is 4.98 Å².